The third kappa shape index (κ3) is 5.66. The van der Waals surface area contributed by atoms with Gasteiger partial charge in [-0.3, -0.25) is 4.68 Å². The number of nitrogens with one attached hydrogen (secondary N) is 1. The molecule has 1 rings (SSSR count). The first-order valence-electron chi connectivity index (χ1n) is 8.49. The molecule has 0 spiro atoms. The molecule has 2 unspecified atom stereocenters. The largest absolute Gasteiger partial charge is 0.313 e. The van der Waals surface area contributed by atoms with Crippen LogP contribution in [0.2, 0.25) is 0 Å². The molecule has 1 N–H and O–H groups in total. The SMILES string of the molecule is CCCCC(CC)C(Cc1cnn(CC)c1)NCCC. The number of rotatable bonds is 11. The van der Waals surface area contributed by atoms with E-state index in [2.05, 4.69) is 44.3 Å². The van der Waals surface area contributed by atoms with E-state index in [1.165, 1.54) is 37.7 Å². The molecule has 0 saturated carbocycles. The van der Waals surface area contributed by atoms with Gasteiger partial charge in [-0.15, -0.1) is 0 Å². The van der Waals surface area contributed by atoms with Crippen LogP contribution in [-0.2, 0) is 13.0 Å². The Balaban J connectivity index is 2.65. The smallest absolute Gasteiger partial charge is 0.0522 e. The molecule has 0 aliphatic rings. The summed E-state index contributed by atoms with van der Waals surface area (Å²) >= 11 is 0. The molecule has 116 valence electrons. The summed E-state index contributed by atoms with van der Waals surface area (Å²) in [6.45, 7) is 11.1. The molecule has 1 heterocycles. The molecule has 0 aromatic carbocycles. The Labute approximate surface area is 125 Å². The lowest BCUT2D eigenvalue weighted by Crippen LogP contribution is -2.38. The summed E-state index contributed by atoms with van der Waals surface area (Å²) in [4.78, 5) is 0. The zero-order valence-electron chi connectivity index (χ0n) is 13.9. The van der Waals surface area contributed by atoms with Crippen molar-refractivity contribution in [1.82, 2.24) is 15.1 Å². The van der Waals surface area contributed by atoms with E-state index in [-0.39, 0.29) is 0 Å². The summed E-state index contributed by atoms with van der Waals surface area (Å²) in [5.74, 6) is 0.784. The fraction of sp³-hybridized carbons (Fsp3) is 0.824. The van der Waals surface area contributed by atoms with E-state index >= 15 is 0 Å². The van der Waals surface area contributed by atoms with Gasteiger partial charge in [-0.05, 0) is 44.2 Å². The van der Waals surface area contributed by atoms with Gasteiger partial charge in [-0.25, -0.2) is 0 Å². The fourth-order valence-corrected chi connectivity index (χ4v) is 2.83. The van der Waals surface area contributed by atoms with Gasteiger partial charge in [0.2, 0.25) is 0 Å². The molecule has 20 heavy (non-hydrogen) atoms. The van der Waals surface area contributed by atoms with Crippen molar-refractivity contribution in [1.29, 1.82) is 0 Å². The number of nitrogens with zero attached hydrogens (tertiary/aromatic N) is 2. The molecule has 0 saturated heterocycles. The lowest BCUT2D eigenvalue weighted by atomic mass is 9.88. The summed E-state index contributed by atoms with van der Waals surface area (Å²) in [5.41, 5.74) is 1.37. The van der Waals surface area contributed by atoms with E-state index in [1.54, 1.807) is 0 Å². The Morgan fingerprint density at radius 3 is 2.55 bits per heavy atom. The monoisotopic (exact) mass is 279 g/mol. The highest BCUT2D eigenvalue weighted by molar-refractivity contribution is 5.07. The molecule has 0 amide bonds. The summed E-state index contributed by atoms with van der Waals surface area (Å²) in [5, 5.41) is 8.17. The molecular formula is C17H33N3. The highest BCUT2D eigenvalue weighted by Crippen LogP contribution is 2.20. The van der Waals surface area contributed by atoms with E-state index in [4.69, 9.17) is 0 Å². The third-order valence-corrected chi connectivity index (χ3v) is 4.14. The number of hydrogen-bond acceptors (Lipinski definition) is 2. The van der Waals surface area contributed by atoms with Crippen LogP contribution in [0.15, 0.2) is 12.4 Å². The summed E-state index contributed by atoms with van der Waals surface area (Å²) < 4.78 is 2.03. The van der Waals surface area contributed by atoms with Crippen molar-refractivity contribution in [3.63, 3.8) is 0 Å². The van der Waals surface area contributed by atoms with Gasteiger partial charge in [0.25, 0.3) is 0 Å². The highest BCUT2D eigenvalue weighted by Gasteiger charge is 2.19. The van der Waals surface area contributed by atoms with E-state index in [9.17, 15) is 0 Å². The standard InChI is InChI=1S/C17H33N3/c1-5-9-10-16(7-3)17(18-11-6-2)12-15-13-19-20(8-4)14-15/h13-14,16-18H,5-12H2,1-4H3. The molecule has 1 aromatic heterocycles. The lowest BCUT2D eigenvalue weighted by Gasteiger charge is -2.27. The lowest BCUT2D eigenvalue weighted by molar-refractivity contribution is 0.315. The molecule has 0 bridgehead atoms. The predicted octanol–water partition coefficient (Wildman–Crippen LogP) is 4.03. The topological polar surface area (TPSA) is 29.9 Å². The van der Waals surface area contributed by atoms with Crippen molar-refractivity contribution in [2.75, 3.05) is 6.54 Å². The molecular weight excluding hydrogens is 246 g/mol. The first-order valence-corrected chi connectivity index (χ1v) is 8.49. The quantitative estimate of drug-likeness (QED) is 0.663. The number of aromatic nitrogens is 2. The Bertz CT molecular complexity index is 346. The number of aryl methyl sites for hydroxylation is 1. The van der Waals surface area contributed by atoms with Crippen molar-refractivity contribution in [2.24, 2.45) is 5.92 Å². The zero-order valence-corrected chi connectivity index (χ0v) is 13.9. The minimum absolute atomic E-state index is 0.598. The van der Waals surface area contributed by atoms with Gasteiger partial charge in [0.05, 0.1) is 6.20 Å². The molecule has 0 radical (unpaired) electrons. The molecule has 2 atom stereocenters. The molecule has 3 heteroatoms. The summed E-state index contributed by atoms with van der Waals surface area (Å²) in [6.07, 6.45) is 11.8. The minimum Gasteiger partial charge on any atom is -0.313 e. The number of unbranched alkanes of at least 4 members (excludes halogenated alkanes) is 1. The molecule has 1 aromatic rings. The normalized spacial score (nSPS) is 14.4. The van der Waals surface area contributed by atoms with E-state index < -0.39 is 0 Å². The highest BCUT2D eigenvalue weighted by atomic mass is 15.3. The number of hydrogen-bond donors (Lipinski definition) is 1. The van der Waals surface area contributed by atoms with Gasteiger partial charge in [0.15, 0.2) is 0 Å². The van der Waals surface area contributed by atoms with E-state index in [0.717, 1.165) is 25.4 Å². The first kappa shape index (κ1) is 17.2. The maximum atomic E-state index is 4.40. The van der Waals surface area contributed by atoms with Gasteiger partial charge in [-0.2, -0.15) is 5.10 Å². The molecule has 0 aliphatic carbocycles. The van der Waals surface area contributed by atoms with Crippen LogP contribution in [0.4, 0.5) is 0 Å². The van der Waals surface area contributed by atoms with Crippen LogP contribution in [0.5, 0.6) is 0 Å². The van der Waals surface area contributed by atoms with Crippen molar-refractivity contribution in [2.45, 2.75) is 78.8 Å². The molecule has 0 aliphatic heterocycles. The Morgan fingerprint density at radius 2 is 2.00 bits per heavy atom. The van der Waals surface area contributed by atoms with E-state index in [1.807, 2.05) is 10.9 Å². The van der Waals surface area contributed by atoms with Crippen LogP contribution in [0.25, 0.3) is 0 Å². The second-order valence-corrected chi connectivity index (χ2v) is 5.78. The van der Waals surface area contributed by atoms with Crippen molar-refractivity contribution in [3.05, 3.63) is 18.0 Å². The van der Waals surface area contributed by atoms with Crippen LogP contribution in [0.3, 0.4) is 0 Å². The average molecular weight is 279 g/mol. The van der Waals surface area contributed by atoms with Crippen molar-refractivity contribution in [3.8, 4) is 0 Å². The first-order chi connectivity index (χ1) is 9.74. The minimum atomic E-state index is 0.598. The summed E-state index contributed by atoms with van der Waals surface area (Å²) in [6, 6.07) is 0.598. The average Bonchev–Trinajstić information content (AvgIpc) is 2.92. The van der Waals surface area contributed by atoms with Gasteiger partial charge in [0.1, 0.15) is 0 Å². The molecule has 0 fully saturated rings. The van der Waals surface area contributed by atoms with Gasteiger partial charge >= 0.3 is 0 Å². The van der Waals surface area contributed by atoms with Crippen LogP contribution in [0.1, 0.15) is 65.4 Å². The van der Waals surface area contributed by atoms with Crippen molar-refractivity contribution >= 4 is 0 Å². The Kier molecular flexibility index (Phi) is 8.59. The van der Waals surface area contributed by atoms with Crippen LogP contribution in [-0.4, -0.2) is 22.4 Å². The van der Waals surface area contributed by atoms with Gasteiger partial charge < -0.3 is 5.32 Å². The van der Waals surface area contributed by atoms with E-state index in [0.29, 0.717) is 6.04 Å². The Hall–Kier alpha value is -0.830. The maximum Gasteiger partial charge on any atom is 0.0522 e. The second kappa shape index (κ2) is 9.98. The predicted molar refractivity (Wildman–Crippen MR) is 87.0 cm³/mol. The van der Waals surface area contributed by atoms with Crippen molar-refractivity contribution < 1.29 is 0 Å². The second-order valence-electron chi connectivity index (χ2n) is 5.78. The molecule has 3 nitrogen and oxygen atoms in total. The maximum absolute atomic E-state index is 4.40. The van der Waals surface area contributed by atoms with Crippen LogP contribution in [0, 0.1) is 5.92 Å². The zero-order chi connectivity index (χ0) is 14.8. The Morgan fingerprint density at radius 1 is 1.20 bits per heavy atom. The van der Waals surface area contributed by atoms with Crippen LogP contribution >= 0.6 is 0 Å². The van der Waals surface area contributed by atoms with Gasteiger partial charge in [-0.1, -0.05) is 40.0 Å². The third-order valence-electron chi connectivity index (χ3n) is 4.14. The fourth-order valence-electron chi connectivity index (χ4n) is 2.83. The van der Waals surface area contributed by atoms with Gasteiger partial charge in [0, 0.05) is 18.8 Å². The summed E-state index contributed by atoms with van der Waals surface area (Å²) in [7, 11) is 0. The van der Waals surface area contributed by atoms with Crippen LogP contribution < -0.4 is 5.32 Å².